The summed E-state index contributed by atoms with van der Waals surface area (Å²) >= 11 is 0. The normalized spacial score (nSPS) is 23.0. The van der Waals surface area contributed by atoms with Gasteiger partial charge in [-0.2, -0.15) is 0 Å². The summed E-state index contributed by atoms with van der Waals surface area (Å²) in [5.41, 5.74) is 7.95. The molecule has 0 bridgehead atoms. The fourth-order valence-corrected chi connectivity index (χ4v) is 2.98. The van der Waals surface area contributed by atoms with Gasteiger partial charge in [-0.3, -0.25) is 4.79 Å². The molecule has 3 heteroatoms. The monoisotopic (exact) mass is 261 g/mol. The van der Waals surface area contributed by atoms with Crippen LogP contribution in [0.2, 0.25) is 0 Å². The maximum atomic E-state index is 11.1. The Kier molecular flexibility index (Phi) is 4.83. The second-order valence-electron chi connectivity index (χ2n) is 5.50. The average Bonchev–Trinajstić information content (AvgIpc) is 2.46. The topological polar surface area (TPSA) is 52.3 Å². The average molecular weight is 261 g/mol. The first kappa shape index (κ1) is 13.9. The largest absolute Gasteiger partial charge is 0.469 e. The van der Waals surface area contributed by atoms with E-state index in [1.165, 1.54) is 38.4 Å². The van der Waals surface area contributed by atoms with Crippen LogP contribution in [0.25, 0.3) is 0 Å². The van der Waals surface area contributed by atoms with Gasteiger partial charge in [-0.1, -0.05) is 12.1 Å². The maximum Gasteiger partial charge on any atom is 0.305 e. The highest BCUT2D eigenvalue weighted by molar-refractivity contribution is 5.69. The number of ether oxygens (including phenoxy) is 1. The lowest BCUT2D eigenvalue weighted by molar-refractivity contribution is -0.141. The molecule has 0 radical (unpaired) electrons. The van der Waals surface area contributed by atoms with Crippen molar-refractivity contribution in [2.45, 2.75) is 44.4 Å². The van der Waals surface area contributed by atoms with E-state index in [0.717, 1.165) is 12.1 Å². The van der Waals surface area contributed by atoms with Crippen molar-refractivity contribution in [1.82, 2.24) is 0 Å². The summed E-state index contributed by atoms with van der Waals surface area (Å²) in [4.78, 5) is 11.1. The molecule has 0 saturated heterocycles. The Hall–Kier alpha value is -1.51. The van der Waals surface area contributed by atoms with E-state index in [1.54, 1.807) is 0 Å². The number of nitrogens with two attached hydrogens (primary N) is 1. The number of carbonyl (C=O) groups excluding carboxylic acids is 1. The van der Waals surface area contributed by atoms with Gasteiger partial charge >= 0.3 is 5.97 Å². The van der Waals surface area contributed by atoms with Gasteiger partial charge in [0.1, 0.15) is 0 Å². The number of esters is 1. The van der Waals surface area contributed by atoms with Crippen LogP contribution in [0, 0.1) is 5.92 Å². The van der Waals surface area contributed by atoms with Crippen LogP contribution in [0.3, 0.4) is 0 Å². The molecular formula is C16H23NO2. The summed E-state index contributed by atoms with van der Waals surface area (Å²) in [5, 5.41) is 0. The van der Waals surface area contributed by atoms with E-state index < -0.39 is 0 Å². The molecule has 1 aliphatic rings. The minimum atomic E-state index is -0.0827. The van der Waals surface area contributed by atoms with Crippen LogP contribution in [-0.2, 0) is 9.53 Å². The van der Waals surface area contributed by atoms with Crippen molar-refractivity contribution in [3.8, 4) is 0 Å². The molecule has 1 aromatic rings. The molecule has 3 nitrogen and oxygen atoms in total. The zero-order valence-corrected chi connectivity index (χ0v) is 11.6. The number of rotatable bonds is 4. The van der Waals surface area contributed by atoms with Crippen LogP contribution in [0.1, 0.15) is 50.0 Å². The van der Waals surface area contributed by atoms with Crippen LogP contribution in [0.15, 0.2) is 24.3 Å². The lowest BCUT2D eigenvalue weighted by Crippen LogP contribution is -2.15. The summed E-state index contributed by atoms with van der Waals surface area (Å²) < 4.78 is 4.69. The minimum absolute atomic E-state index is 0.0827. The smallest absolute Gasteiger partial charge is 0.305 e. The van der Waals surface area contributed by atoms with Gasteiger partial charge < -0.3 is 10.5 Å². The zero-order chi connectivity index (χ0) is 13.7. The summed E-state index contributed by atoms with van der Waals surface area (Å²) in [7, 11) is 1.46. The highest BCUT2D eigenvalue weighted by Crippen LogP contribution is 2.37. The number of nitrogen functional groups attached to an aromatic ring is 1. The molecule has 1 aromatic carbocycles. The van der Waals surface area contributed by atoms with Gasteiger partial charge in [0.05, 0.1) is 7.11 Å². The van der Waals surface area contributed by atoms with Crippen molar-refractivity contribution in [2.75, 3.05) is 12.8 Å². The molecule has 104 valence electrons. The van der Waals surface area contributed by atoms with Crippen LogP contribution in [0.4, 0.5) is 5.69 Å². The molecule has 0 aliphatic heterocycles. The second kappa shape index (κ2) is 6.60. The van der Waals surface area contributed by atoms with E-state index in [9.17, 15) is 4.79 Å². The summed E-state index contributed by atoms with van der Waals surface area (Å²) in [6.07, 6.45) is 6.40. The van der Waals surface area contributed by atoms with Crippen LogP contribution >= 0.6 is 0 Å². The second-order valence-corrected chi connectivity index (χ2v) is 5.50. The van der Waals surface area contributed by atoms with E-state index in [-0.39, 0.29) is 5.97 Å². The highest BCUT2D eigenvalue weighted by atomic mass is 16.5. The zero-order valence-electron chi connectivity index (χ0n) is 11.6. The van der Waals surface area contributed by atoms with Crippen LogP contribution in [0.5, 0.6) is 0 Å². The molecule has 0 amide bonds. The van der Waals surface area contributed by atoms with Gasteiger partial charge in [0.15, 0.2) is 0 Å². The van der Waals surface area contributed by atoms with Gasteiger partial charge in [0, 0.05) is 12.1 Å². The number of benzene rings is 1. The number of carbonyl (C=O) groups is 1. The molecule has 1 saturated carbocycles. The number of anilines is 1. The van der Waals surface area contributed by atoms with Gasteiger partial charge in [-0.15, -0.1) is 0 Å². The first-order chi connectivity index (χ1) is 9.19. The predicted octanol–water partition coefficient (Wildman–Crippen LogP) is 3.50. The summed E-state index contributed by atoms with van der Waals surface area (Å²) in [5.74, 6) is 1.26. The third kappa shape index (κ3) is 3.98. The molecule has 0 heterocycles. The number of methoxy groups -OCH3 is 1. The van der Waals surface area contributed by atoms with Crippen LogP contribution in [-0.4, -0.2) is 13.1 Å². The Morgan fingerprint density at radius 1 is 1.21 bits per heavy atom. The van der Waals surface area contributed by atoms with Crippen molar-refractivity contribution >= 4 is 11.7 Å². The quantitative estimate of drug-likeness (QED) is 0.666. The van der Waals surface area contributed by atoms with Crippen molar-refractivity contribution < 1.29 is 9.53 Å². The molecule has 19 heavy (non-hydrogen) atoms. The van der Waals surface area contributed by atoms with Gasteiger partial charge in [0.25, 0.3) is 0 Å². The van der Waals surface area contributed by atoms with E-state index in [4.69, 9.17) is 10.5 Å². The Balaban J connectivity index is 1.79. The van der Waals surface area contributed by atoms with E-state index in [1.807, 2.05) is 12.1 Å². The first-order valence-corrected chi connectivity index (χ1v) is 7.11. The van der Waals surface area contributed by atoms with Crippen molar-refractivity contribution in [1.29, 1.82) is 0 Å². The number of hydrogen-bond acceptors (Lipinski definition) is 3. The Morgan fingerprint density at radius 3 is 2.42 bits per heavy atom. The lowest BCUT2D eigenvalue weighted by atomic mass is 9.77. The molecular weight excluding hydrogens is 238 g/mol. The standard InChI is InChI=1S/C16H23NO2/c1-19-16(18)11-4-12-2-5-13(6-3-12)14-7-9-15(17)10-8-14/h7-10,12-13H,2-6,11,17H2,1H3. The Labute approximate surface area is 115 Å². The fraction of sp³-hybridized carbons (Fsp3) is 0.562. The van der Waals surface area contributed by atoms with E-state index >= 15 is 0 Å². The fourth-order valence-electron chi connectivity index (χ4n) is 2.98. The van der Waals surface area contributed by atoms with Crippen molar-refractivity contribution in [3.05, 3.63) is 29.8 Å². The van der Waals surface area contributed by atoms with Crippen molar-refractivity contribution in [2.24, 2.45) is 5.92 Å². The molecule has 0 spiro atoms. The molecule has 2 N–H and O–H groups in total. The third-order valence-electron chi connectivity index (χ3n) is 4.24. The first-order valence-electron chi connectivity index (χ1n) is 7.11. The molecule has 0 atom stereocenters. The molecule has 0 aromatic heterocycles. The predicted molar refractivity (Wildman–Crippen MR) is 76.8 cm³/mol. The SMILES string of the molecule is COC(=O)CCC1CCC(c2ccc(N)cc2)CC1. The minimum Gasteiger partial charge on any atom is -0.469 e. The van der Waals surface area contributed by atoms with E-state index in [2.05, 4.69) is 12.1 Å². The van der Waals surface area contributed by atoms with Gasteiger partial charge in [-0.05, 0) is 61.6 Å². The van der Waals surface area contributed by atoms with Crippen LogP contribution < -0.4 is 5.73 Å². The molecule has 0 unspecified atom stereocenters. The summed E-state index contributed by atoms with van der Waals surface area (Å²) in [6, 6.07) is 8.26. The Bertz CT molecular complexity index is 405. The lowest BCUT2D eigenvalue weighted by Gasteiger charge is -2.28. The van der Waals surface area contributed by atoms with Gasteiger partial charge in [0.2, 0.25) is 0 Å². The summed E-state index contributed by atoms with van der Waals surface area (Å²) in [6.45, 7) is 0. The maximum absolute atomic E-state index is 11.1. The Morgan fingerprint density at radius 2 is 1.84 bits per heavy atom. The van der Waals surface area contributed by atoms with E-state index in [0.29, 0.717) is 18.3 Å². The third-order valence-corrected chi connectivity index (χ3v) is 4.24. The molecule has 1 fully saturated rings. The van der Waals surface area contributed by atoms with Crippen molar-refractivity contribution in [3.63, 3.8) is 0 Å². The number of hydrogen-bond donors (Lipinski definition) is 1. The molecule has 1 aliphatic carbocycles. The van der Waals surface area contributed by atoms with Gasteiger partial charge in [-0.25, -0.2) is 0 Å². The highest BCUT2D eigenvalue weighted by Gasteiger charge is 2.22. The molecule has 2 rings (SSSR count).